The Bertz CT molecular complexity index is 435. The van der Waals surface area contributed by atoms with Gasteiger partial charge in [0.1, 0.15) is 5.82 Å². The summed E-state index contributed by atoms with van der Waals surface area (Å²) in [7, 11) is 1.33. The maximum absolute atomic E-state index is 11.3. The monoisotopic (exact) mass is 278 g/mol. The van der Waals surface area contributed by atoms with Crippen LogP contribution in [0.2, 0.25) is 0 Å². The van der Waals surface area contributed by atoms with Crippen LogP contribution in [-0.4, -0.2) is 53.6 Å². The van der Waals surface area contributed by atoms with E-state index < -0.39 is 5.97 Å². The predicted molar refractivity (Wildman–Crippen MR) is 76.7 cm³/mol. The summed E-state index contributed by atoms with van der Waals surface area (Å²) in [6.45, 7) is 5.32. The van der Waals surface area contributed by atoms with Crippen LogP contribution in [0.3, 0.4) is 0 Å². The summed E-state index contributed by atoms with van der Waals surface area (Å²) in [5.74, 6) is 0.229. The first-order valence-electron chi connectivity index (χ1n) is 7.13. The maximum Gasteiger partial charge on any atom is 0.358 e. The van der Waals surface area contributed by atoms with Crippen molar-refractivity contribution in [1.29, 1.82) is 0 Å². The maximum atomic E-state index is 11.3. The molecule has 1 N–H and O–H groups in total. The molecule has 2 rings (SSSR count). The number of ether oxygens (including phenoxy) is 1. The van der Waals surface area contributed by atoms with Crippen molar-refractivity contribution < 1.29 is 9.53 Å². The molecule has 1 aliphatic rings. The van der Waals surface area contributed by atoms with E-state index in [9.17, 15) is 4.79 Å². The van der Waals surface area contributed by atoms with Gasteiger partial charge in [-0.15, -0.1) is 0 Å². The lowest BCUT2D eigenvalue weighted by Crippen LogP contribution is -2.43. The number of methoxy groups -OCH3 is 1. The number of hydrogen-bond donors (Lipinski definition) is 1. The van der Waals surface area contributed by atoms with Crippen LogP contribution in [0.4, 0.5) is 5.82 Å². The number of esters is 1. The first kappa shape index (κ1) is 14.7. The predicted octanol–water partition coefficient (Wildman–Crippen LogP) is 1.55. The molecule has 6 nitrogen and oxygen atoms in total. The van der Waals surface area contributed by atoms with E-state index in [1.165, 1.54) is 39.1 Å². The highest BCUT2D eigenvalue weighted by molar-refractivity contribution is 5.86. The second-order valence-electron chi connectivity index (χ2n) is 4.94. The molecule has 1 atom stereocenters. The molecule has 0 bridgehead atoms. The number of piperidine rings is 1. The molecular weight excluding hydrogens is 256 g/mol. The zero-order chi connectivity index (χ0) is 14.4. The Labute approximate surface area is 119 Å². The van der Waals surface area contributed by atoms with Crippen molar-refractivity contribution in [2.24, 2.45) is 0 Å². The lowest BCUT2D eigenvalue weighted by molar-refractivity contribution is 0.0593. The van der Waals surface area contributed by atoms with Crippen LogP contribution in [0, 0.1) is 0 Å². The Morgan fingerprint density at radius 2 is 2.30 bits per heavy atom. The fourth-order valence-corrected chi connectivity index (χ4v) is 2.56. The molecule has 0 radical (unpaired) electrons. The van der Waals surface area contributed by atoms with Crippen LogP contribution in [0.25, 0.3) is 0 Å². The quantitative estimate of drug-likeness (QED) is 0.824. The van der Waals surface area contributed by atoms with Crippen molar-refractivity contribution in [1.82, 2.24) is 14.9 Å². The Morgan fingerprint density at radius 3 is 2.95 bits per heavy atom. The van der Waals surface area contributed by atoms with Gasteiger partial charge in [0.2, 0.25) is 0 Å². The summed E-state index contributed by atoms with van der Waals surface area (Å²) in [5, 5.41) is 3.30. The smallest absolute Gasteiger partial charge is 0.358 e. The molecule has 110 valence electrons. The van der Waals surface area contributed by atoms with Crippen molar-refractivity contribution in [3.05, 3.63) is 18.1 Å². The topological polar surface area (TPSA) is 67.4 Å². The number of aromatic nitrogens is 2. The minimum Gasteiger partial charge on any atom is -0.464 e. The van der Waals surface area contributed by atoms with Crippen LogP contribution >= 0.6 is 0 Å². The Kier molecular flexibility index (Phi) is 5.29. The second-order valence-corrected chi connectivity index (χ2v) is 4.94. The van der Waals surface area contributed by atoms with E-state index in [1.54, 1.807) is 6.20 Å². The first-order valence-corrected chi connectivity index (χ1v) is 7.13. The lowest BCUT2D eigenvalue weighted by atomic mass is 10.0. The van der Waals surface area contributed by atoms with Crippen LogP contribution in [0.1, 0.15) is 36.7 Å². The highest BCUT2D eigenvalue weighted by atomic mass is 16.5. The molecule has 1 saturated heterocycles. The number of rotatable bonds is 5. The van der Waals surface area contributed by atoms with Crippen LogP contribution in [-0.2, 0) is 4.74 Å². The largest absolute Gasteiger partial charge is 0.464 e. The van der Waals surface area contributed by atoms with Crippen molar-refractivity contribution in [3.8, 4) is 0 Å². The average molecular weight is 278 g/mol. The molecule has 0 aliphatic carbocycles. The van der Waals surface area contributed by atoms with Crippen LogP contribution in [0.15, 0.2) is 12.4 Å². The molecule has 20 heavy (non-hydrogen) atoms. The number of carbonyl (C=O) groups excluding carboxylic acids is 1. The Morgan fingerprint density at radius 1 is 1.45 bits per heavy atom. The van der Waals surface area contributed by atoms with E-state index in [-0.39, 0.29) is 5.69 Å². The van der Waals surface area contributed by atoms with E-state index in [1.807, 2.05) is 0 Å². The molecule has 0 saturated carbocycles. The minimum absolute atomic E-state index is 0.228. The molecule has 0 spiro atoms. The lowest BCUT2D eigenvalue weighted by Gasteiger charge is -2.34. The molecule has 1 fully saturated rings. The van der Waals surface area contributed by atoms with Gasteiger partial charge in [-0.1, -0.05) is 13.3 Å². The molecule has 6 heteroatoms. The number of nitrogens with one attached hydrogen (secondary N) is 1. The summed E-state index contributed by atoms with van der Waals surface area (Å²) >= 11 is 0. The summed E-state index contributed by atoms with van der Waals surface area (Å²) < 4.78 is 4.59. The number of likely N-dealkylation sites (N-methyl/N-ethyl adjacent to an activating group) is 1. The molecule has 1 unspecified atom stereocenters. The minimum atomic E-state index is -0.464. The zero-order valence-corrected chi connectivity index (χ0v) is 12.1. The molecular formula is C14H22N4O2. The molecule has 1 aliphatic heterocycles. The van der Waals surface area contributed by atoms with Crippen molar-refractivity contribution >= 4 is 11.8 Å². The number of anilines is 1. The van der Waals surface area contributed by atoms with Gasteiger partial charge in [0.15, 0.2) is 5.69 Å². The number of nitrogens with zero attached hydrogens (tertiary/aromatic N) is 3. The molecule has 1 aromatic rings. The molecule has 2 heterocycles. The van der Waals surface area contributed by atoms with Gasteiger partial charge in [0, 0.05) is 12.6 Å². The van der Waals surface area contributed by atoms with Crippen molar-refractivity contribution in [3.63, 3.8) is 0 Å². The highest BCUT2D eigenvalue weighted by Crippen LogP contribution is 2.16. The molecule has 0 amide bonds. The standard InChI is InChI=1S/C14H22N4O2/c1-3-18-7-5-4-6-11(18)8-16-13-10-15-12(9-17-13)14(19)20-2/h9-11H,3-8H2,1-2H3,(H,16,17). The van der Waals surface area contributed by atoms with Gasteiger partial charge in [0.25, 0.3) is 0 Å². The molecule has 1 aromatic heterocycles. The zero-order valence-electron chi connectivity index (χ0n) is 12.1. The average Bonchev–Trinajstić information content (AvgIpc) is 2.53. The second kappa shape index (κ2) is 7.19. The summed E-state index contributed by atoms with van der Waals surface area (Å²) in [6.07, 6.45) is 6.81. The third kappa shape index (κ3) is 3.66. The summed E-state index contributed by atoms with van der Waals surface area (Å²) in [5.41, 5.74) is 0.228. The fourth-order valence-electron chi connectivity index (χ4n) is 2.56. The van der Waals surface area contributed by atoms with E-state index in [0.717, 1.165) is 13.1 Å². The van der Waals surface area contributed by atoms with E-state index in [2.05, 4.69) is 31.8 Å². The van der Waals surface area contributed by atoms with Crippen LogP contribution in [0.5, 0.6) is 0 Å². The van der Waals surface area contributed by atoms with Crippen molar-refractivity contribution in [2.75, 3.05) is 32.1 Å². The first-order chi connectivity index (χ1) is 9.74. The van der Waals surface area contributed by atoms with Crippen LogP contribution < -0.4 is 5.32 Å². The van der Waals surface area contributed by atoms with Gasteiger partial charge in [-0.3, -0.25) is 4.90 Å². The van der Waals surface area contributed by atoms with Gasteiger partial charge in [-0.2, -0.15) is 0 Å². The van der Waals surface area contributed by atoms with Gasteiger partial charge < -0.3 is 10.1 Å². The normalized spacial score (nSPS) is 19.6. The summed E-state index contributed by atoms with van der Waals surface area (Å²) in [4.78, 5) is 22.0. The highest BCUT2D eigenvalue weighted by Gasteiger charge is 2.20. The van der Waals surface area contributed by atoms with Gasteiger partial charge in [0.05, 0.1) is 19.5 Å². The number of likely N-dealkylation sites (tertiary alicyclic amines) is 1. The SMILES string of the molecule is CCN1CCCCC1CNc1cnc(C(=O)OC)cn1. The van der Waals surface area contributed by atoms with E-state index in [4.69, 9.17) is 0 Å². The fraction of sp³-hybridized carbons (Fsp3) is 0.643. The third-order valence-electron chi connectivity index (χ3n) is 3.72. The van der Waals surface area contributed by atoms with Gasteiger partial charge in [-0.25, -0.2) is 14.8 Å². The Balaban J connectivity index is 1.88. The Hall–Kier alpha value is -1.69. The third-order valence-corrected chi connectivity index (χ3v) is 3.72. The molecule has 0 aromatic carbocycles. The van der Waals surface area contributed by atoms with E-state index >= 15 is 0 Å². The number of carbonyl (C=O) groups is 1. The van der Waals surface area contributed by atoms with E-state index in [0.29, 0.717) is 11.9 Å². The number of hydrogen-bond acceptors (Lipinski definition) is 6. The van der Waals surface area contributed by atoms with Gasteiger partial charge in [-0.05, 0) is 25.9 Å². The summed E-state index contributed by atoms with van der Waals surface area (Å²) in [6, 6.07) is 0.552. The van der Waals surface area contributed by atoms with Crippen molar-refractivity contribution in [2.45, 2.75) is 32.2 Å². The van der Waals surface area contributed by atoms with Gasteiger partial charge >= 0.3 is 5.97 Å².